The number of carbonyl (C=O) groups excluding carboxylic acids is 1. The van der Waals surface area contributed by atoms with Crippen LogP contribution in [0, 0.1) is 13.8 Å². The summed E-state index contributed by atoms with van der Waals surface area (Å²) in [6, 6.07) is 10.0. The zero-order chi connectivity index (χ0) is 16.9. The number of rotatable bonds is 5. The number of carbonyl (C=O) groups is 1. The second kappa shape index (κ2) is 7.64. The van der Waals surface area contributed by atoms with Crippen molar-refractivity contribution in [3.63, 3.8) is 0 Å². The first-order chi connectivity index (χ1) is 11.6. The van der Waals surface area contributed by atoms with Gasteiger partial charge in [0.15, 0.2) is 0 Å². The fraction of sp³-hybridized carbons (Fsp3) is 0.421. The van der Waals surface area contributed by atoms with Crippen LogP contribution in [0.15, 0.2) is 41.0 Å². The second-order valence-electron chi connectivity index (χ2n) is 6.56. The molecule has 1 fully saturated rings. The largest absolute Gasteiger partial charge is 0.468 e. The van der Waals surface area contributed by atoms with E-state index in [4.69, 9.17) is 4.42 Å². The molecule has 0 saturated carbocycles. The highest BCUT2D eigenvalue weighted by Gasteiger charge is 2.19. The lowest BCUT2D eigenvalue weighted by Gasteiger charge is -2.33. The lowest BCUT2D eigenvalue weighted by Crippen LogP contribution is -2.48. The molecular weight excluding hydrogens is 302 g/mol. The van der Waals surface area contributed by atoms with Gasteiger partial charge < -0.3 is 9.73 Å². The summed E-state index contributed by atoms with van der Waals surface area (Å²) in [5.74, 6) is 1.05. The SMILES string of the molecule is Cc1cc(C)cc(NC(=O)CN2CCN(Cc3ccco3)CC2)c1. The van der Waals surface area contributed by atoms with Crippen LogP contribution in [0.25, 0.3) is 0 Å². The van der Waals surface area contributed by atoms with Crippen molar-refractivity contribution in [2.24, 2.45) is 0 Å². The second-order valence-corrected chi connectivity index (χ2v) is 6.56. The number of hydrogen-bond acceptors (Lipinski definition) is 4. The van der Waals surface area contributed by atoms with Crippen LogP contribution >= 0.6 is 0 Å². The van der Waals surface area contributed by atoms with Gasteiger partial charge in [-0.15, -0.1) is 0 Å². The van der Waals surface area contributed by atoms with Gasteiger partial charge in [-0.2, -0.15) is 0 Å². The van der Waals surface area contributed by atoms with Crippen molar-refractivity contribution in [2.75, 3.05) is 38.0 Å². The third kappa shape index (κ3) is 4.69. The molecule has 1 aromatic heterocycles. The third-order valence-electron chi connectivity index (χ3n) is 4.30. The maximum Gasteiger partial charge on any atom is 0.238 e. The van der Waals surface area contributed by atoms with E-state index in [1.54, 1.807) is 6.26 Å². The normalized spacial score (nSPS) is 16.2. The third-order valence-corrected chi connectivity index (χ3v) is 4.30. The summed E-state index contributed by atoms with van der Waals surface area (Å²) in [6.45, 7) is 9.09. The molecule has 24 heavy (non-hydrogen) atoms. The fourth-order valence-electron chi connectivity index (χ4n) is 3.18. The van der Waals surface area contributed by atoms with Gasteiger partial charge in [-0.1, -0.05) is 6.07 Å². The number of furan rings is 1. The van der Waals surface area contributed by atoms with E-state index >= 15 is 0 Å². The van der Waals surface area contributed by atoms with E-state index in [1.165, 1.54) is 0 Å². The molecule has 0 spiro atoms. The average Bonchev–Trinajstić information content (AvgIpc) is 3.01. The number of nitrogens with one attached hydrogen (secondary N) is 1. The Hall–Kier alpha value is -2.11. The number of amides is 1. The molecule has 5 nitrogen and oxygen atoms in total. The smallest absolute Gasteiger partial charge is 0.238 e. The number of nitrogens with zero attached hydrogens (tertiary/aromatic N) is 2. The monoisotopic (exact) mass is 327 g/mol. The Kier molecular flexibility index (Phi) is 5.33. The molecular formula is C19H25N3O2. The molecule has 2 heterocycles. The molecule has 0 atom stereocenters. The maximum atomic E-state index is 12.3. The van der Waals surface area contributed by atoms with E-state index in [9.17, 15) is 4.79 Å². The van der Waals surface area contributed by atoms with Crippen LogP contribution in [0.2, 0.25) is 0 Å². The minimum Gasteiger partial charge on any atom is -0.468 e. The molecule has 128 valence electrons. The summed E-state index contributed by atoms with van der Waals surface area (Å²) >= 11 is 0. The Morgan fingerprint density at radius 3 is 2.38 bits per heavy atom. The predicted octanol–water partition coefficient (Wildman–Crippen LogP) is 2.65. The quantitative estimate of drug-likeness (QED) is 0.917. The number of hydrogen-bond donors (Lipinski definition) is 1. The van der Waals surface area contributed by atoms with E-state index < -0.39 is 0 Å². The van der Waals surface area contributed by atoms with Gasteiger partial charge in [0.2, 0.25) is 5.91 Å². The van der Waals surface area contributed by atoms with E-state index in [1.807, 2.05) is 38.1 Å². The standard InChI is InChI=1S/C19H25N3O2/c1-15-10-16(2)12-17(11-15)20-19(23)14-22-7-5-21(6-8-22)13-18-4-3-9-24-18/h3-4,9-12H,5-8,13-14H2,1-2H3,(H,20,23). The molecule has 1 aliphatic rings. The van der Waals surface area contributed by atoms with E-state index in [2.05, 4.69) is 21.2 Å². The van der Waals surface area contributed by atoms with Crippen molar-refractivity contribution in [1.82, 2.24) is 9.80 Å². The Morgan fingerprint density at radius 2 is 1.75 bits per heavy atom. The first-order valence-electron chi connectivity index (χ1n) is 8.44. The molecule has 1 aromatic carbocycles. The Bertz CT molecular complexity index is 654. The van der Waals surface area contributed by atoms with E-state index in [-0.39, 0.29) is 5.91 Å². The first-order valence-corrected chi connectivity index (χ1v) is 8.44. The fourth-order valence-corrected chi connectivity index (χ4v) is 3.18. The van der Waals surface area contributed by atoms with Gasteiger partial charge in [0.05, 0.1) is 19.4 Å². The Labute approximate surface area is 143 Å². The van der Waals surface area contributed by atoms with Crippen LogP contribution in [0.3, 0.4) is 0 Å². The minimum absolute atomic E-state index is 0.0551. The van der Waals surface area contributed by atoms with Crippen LogP contribution in [0.1, 0.15) is 16.9 Å². The average molecular weight is 327 g/mol. The van der Waals surface area contributed by atoms with Gasteiger partial charge in [-0.05, 0) is 49.2 Å². The summed E-state index contributed by atoms with van der Waals surface area (Å²) in [4.78, 5) is 16.8. The summed E-state index contributed by atoms with van der Waals surface area (Å²) in [6.07, 6.45) is 1.71. The molecule has 2 aromatic rings. The molecule has 0 unspecified atom stereocenters. The molecule has 1 aliphatic heterocycles. The highest BCUT2D eigenvalue weighted by atomic mass is 16.3. The minimum atomic E-state index is 0.0551. The van der Waals surface area contributed by atoms with Crippen molar-refractivity contribution in [2.45, 2.75) is 20.4 Å². The van der Waals surface area contributed by atoms with Gasteiger partial charge in [-0.25, -0.2) is 0 Å². The van der Waals surface area contributed by atoms with Gasteiger partial charge in [0.25, 0.3) is 0 Å². The maximum absolute atomic E-state index is 12.3. The van der Waals surface area contributed by atoms with Crippen LogP contribution in [0.4, 0.5) is 5.69 Å². The first kappa shape index (κ1) is 16.7. The molecule has 1 N–H and O–H groups in total. The molecule has 5 heteroatoms. The number of aryl methyl sites for hydroxylation is 2. The highest BCUT2D eigenvalue weighted by Crippen LogP contribution is 2.14. The summed E-state index contributed by atoms with van der Waals surface area (Å²) in [5.41, 5.74) is 3.21. The van der Waals surface area contributed by atoms with Crippen molar-refractivity contribution >= 4 is 11.6 Å². The Balaban J connectivity index is 1.44. The van der Waals surface area contributed by atoms with Gasteiger partial charge in [-0.3, -0.25) is 14.6 Å². The van der Waals surface area contributed by atoms with E-state index in [0.29, 0.717) is 6.54 Å². The zero-order valence-corrected chi connectivity index (χ0v) is 14.4. The lowest BCUT2D eigenvalue weighted by molar-refractivity contribution is -0.117. The molecule has 0 bridgehead atoms. The van der Waals surface area contributed by atoms with Gasteiger partial charge in [0.1, 0.15) is 5.76 Å². The van der Waals surface area contributed by atoms with Crippen molar-refractivity contribution in [3.8, 4) is 0 Å². The predicted molar refractivity (Wildman–Crippen MR) is 95.0 cm³/mol. The van der Waals surface area contributed by atoms with Crippen molar-refractivity contribution < 1.29 is 9.21 Å². The van der Waals surface area contributed by atoms with Gasteiger partial charge in [0, 0.05) is 31.9 Å². The lowest BCUT2D eigenvalue weighted by atomic mass is 10.1. The van der Waals surface area contributed by atoms with E-state index in [0.717, 1.165) is 55.3 Å². The molecule has 1 amide bonds. The number of benzene rings is 1. The van der Waals surface area contributed by atoms with Crippen LogP contribution in [-0.4, -0.2) is 48.4 Å². The number of piperazine rings is 1. The Morgan fingerprint density at radius 1 is 1.08 bits per heavy atom. The van der Waals surface area contributed by atoms with Crippen LogP contribution < -0.4 is 5.32 Å². The summed E-state index contributed by atoms with van der Waals surface area (Å²) in [5, 5.41) is 3.01. The van der Waals surface area contributed by atoms with Crippen molar-refractivity contribution in [1.29, 1.82) is 0 Å². The molecule has 0 radical (unpaired) electrons. The van der Waals surface area contributed by atoms with Crippen LogP contribution in [0.5, 0.6) is 0 Å². The number of anilines is 1. The van der Waals surface area contributed by atoms with Crippen molar-refractivity contribution in [3.05, 3.63) is 53.5 Å². The summed E-state index contributed by atoms with van der Waals surface area (Å²) < 4.78 is 5.39. The molecule has 1 saturated heterocycles. The van der Waals surface area contributed by atoms with Crippen LogP contribution in [-0.2, 0) is 11.3 Å². The molecule has 3 rings (SSSR count). The topological polar surface area (TPSA) is 48.7 Å². The zero-order valence-electron chi connectivity index (χ0n) is 14.4. The highest BCUT2D eigenvalue weighted by molar-refractivity contribution is 5.92. The summed E-state index contributed by atoms with van der Waals surface area (Å²) in [7, 11) is 0. The van der Waals surface area contributed by atoms with Gasteiger partial charge >= 0.3 is 0 Å². The molecule has 0 aliphatic carbocycles.